The highest BCUT2D eigenvalue weighted by atomic mass is 19.1. The molecule has 2 fully saturated rings. The van der Waals surface area contributed by atoms with E-state index in [-0.39, 0.29) is 17.8 Å². The van der Waals surface area contributed by atoms with Gasteiger partial charge in [-0.3, -0.25) is 4.79 Å². The van der Waals surface area contributed by atoms with Crippen molar-refractivity contribution in [2.75, 3.05) is 0 Å². The molecule has 0 spiro atoms. The fourth-order valence-corrected chi connectivity index (χ4v) is 4.11. The molecular weight excluding hydrogens is 253 g/mol. The number of halogens is 1. The molecular formula is C17H22FNO. The van der Waals surface area contributed by atoms with E-state index in [2.05, 4.69) is 12.2 Å². The molecule has 108 valence electrons. The Morgan fingerprint density at radius 1 is 1.30 bits per heavy atom. The van der Waals surface area contributed by atoms with Gasteiger partial charge in [0, 0.05) is 6.04 Å². The van der Waals surface area contributed by atoms with Crippen molar-refractivity contribution in [2.45, 2.75) is 45.1 Å². The maximum atomic E-state index is 12.8. The molecule has 0 aliphatic heterocycles. The van der Waals surface area contributed by atoms with E-state index in [4.69, 9.17) is 0 Å². The van der Waals surface area contributed by atoms with Crippen molar-refractivity contribution in [3.63, 3.8) is 0 Å². The minimum absolute atomic E-state index is 0.0480. The zero-order chi connectivity index (χ0) is 14.1. The van der Waals surface area contributed by atoms with Gasteiger partial charge >= 0.3 is 0 Å². The minimum Gasteiger partial charge on any atom is -0.353 e. The lowest BCUT2D eigenvalue weighted by Gasteiger charge is -2.28. The van der Waals surface area contributed by atoms with Crippen molar-refractivity contribution in [3.05, 3.63) is 35.6 Å². The Hall–Kier alpha value is -1.38. The Balaban J connectivity index is 1.52. The van der Waals surface area contributed by atoms with Crippen LogP contribution in [-0.4, -0.2) is 11.9 Å². The molecule has 0 aromatic heterocycles. The molecule has 2 aliphatic carbocycles. The molecule has 2 saturated carbocycles. The number of amides is 1. The minimum atomic E-state index is -0.260. The van der Waals surface area contributed by atoms with E-state index in [1.54, 1.807) is 12.1 Å². The third-order valence-electron chi connectivity index (χ3n) is 5.10. The molecule has 1 amide bonds. The number of benzene rings is 1. The van der Waals surface area contributed by atoms with Crippen LogP contribution in [0.5, 0.6) is 0 Å². The summed E-state index contributed by atoms with van der Waals surface area (Å²) in [7, 11) is 0. The van der Waals surface area contributed by atoms with Crippen LogP contribution in [0.2, 0.25) is 0 Å². The van der Waals surface area contributed by atoms with Gasteiger partial charge < -0.3 is 5.32 Å². The lowest BCUT2D eigenvalue weighted by Crippen LogP contribution is -2.40. The Kier molecular flexibility index (Phi) is 3.77. The maximum absolute atomic E-state index is 12.8. The number of carbonyl (C=O) groups is 1. The first-order chi connectivity index (χ1) is 9.61. The van der Waals surface area contributed by atoms with Gasteiger partial charge in [0.1, 0.15) is 5.82 Å². The standard InChI is InChI=1S/C17H22FNO/c1-11(16-9-13-2-5-14(16)8-13)19-17(20)10-12-3-6-15(18)7-4-12/h3-4,6-7,11,13-14,16H,2,5,8-10H2,1H3,(H,19,20)/t11-,13-,14-,16+/m0/s1. The van der Waals surface area contributed by atoms with Crippen molar-refractivity contribution < 1.29 is 9.18 Å². The highest BCUT2D eigenvalue weighted by Gasteiger charge is 2.42. The molecule has 0 radical (unpaired) electrons. The zero-order valence-corrected chi connectivity index (χ0v) is 11.9. The second-order valence-corrected chi connectivity index (χ2v) is 6.50. The Labute approximate surface area is 119 Å². The van der Waals surface area contributed by atoms with E-state index in [9.17, 15) is 9.18 Å². The van der Waals surface area contributed by atoms with Crippen LogP contribution in [0.3, 0.4) is 0 Å². The third-order valence-corrected chi connectivity index (χ3v) is 5.10. The predicted octanol–water partition coefficient (Wildman–Crippen LogP) is 3.31. The van der Waals surface area contributed by atoms with Crippen LogP contribution < -0.4 is 5.32 Å². The number of hydrogen-bond donors (Lipinski definition) is 1. The molecule has 1 aromatic rings. The van der Waals surface area contributed by atoms with Crippen LogP contribution in [0.15, 0.2) is 24.3 Å². The number of nitrogens with one attached hydrogen (secondary N) is 1. The molecule has 0 heterocycles. The summed E-state index contributed by atoms with van der Waals surface area (Å²) in [4.78, 5) is 12.1. The average Bonchev–Trinajstić information content (AvgIpc) is 3.03. The van der Waals surface area contributed by atoms with Crippen LogP contribution in [0.25, 0.3) is 0 Å². The van der Waals surface area contributed by atoms with Gasteiger partial charge in [-0.1, -0.05) is 18.6 Å². The highest BCUT2D eigenvalue weighted by molar-refractivity contribution is 5.78. The molecule has 0 saturated heterocycles. The smallest absolute Gasteiger partial charge is 0.224 e. The molecule has 2 bridgehead atoms. The van der Waals surface area contributed by atoms with Crippen molar-refractivity contribution in [2.24, 2.45) is 17.8 Å². The monoisotopic (exact) mass is 275 g/mol. The zero-order valence-electron chi connectivity index (χ0n) is 11.9. The quantitative estimate of drug-likeness (QED) is 0.897. The Morgan fingerprint density at radius 2 is 2.05 bits per heavy atom. The summed E-state index contributed by atoms with van der Waals surface area (Å²) >= 11 is 0. The normalized spacial score (nSPS) is 29.4. The molecule has 20 heavy (non-hydrogen) atoms. The van der Waals surface area contributed by atoms with E-state index >= 15 is 0 Å². The van der Waals surface area contributed by atoms with E-state index in [0.29, 0.717) is 12.3 Å². The Bertz CT molecular complexity index is 484. The van der Waals surface area contributed by atoms with Gasteiger partial charge in [-0.15, -0.1) is 0 Å². The maximum Gasteiger partial charge on any atom is 0.224 e. The van der Waals surface area contributed by atoms with Gasteiger partial charge in [-0.25, -0.2) is 4.39 Å². The van der Waals surface area contributed by atoms with Crippen LogP contribution in [-0.2, 0) is 11.2 Å². The first kappa shape index (κ1) is 13.6. The van der Waals surface area contributed by atoms with Gasteiger partial charge in [0.05, 0.1) is 6.42 Å². The van der Waals surface area contributed by atoms with Gasteiger partial charge in [0.15, 0.2) is 0 Å². The first-order valence-corrected chi connectivity index (χ1v) is 7.65. The SMILES string of the molecule is C[C@H](NC(=O)Cc1ccc(F)cc1)[C@H]1C[C@H]2CC[C@H]1C2. The molecule has 0 unspecified atom stereocenters. The molecule has 2 nitrogen and oxygen atoms in total. The number of rotatable bonds is 4. The van der Waals surface area contributed by atoms with Crippen LogP contribution in [0.1, 0.15) is 38.2 Å². The van der Waals surface area contributed by atoms with Crippen LogP contribution in [0, 0.1) is 23.6 Å². The van der Waals surface area contributed by atoms with E-state index in [1.807, 2.05) is 0 Å². The number of hydrogen-bond acceptors (Lipinski definition) is 1. The lowest BCUT2D eigenvalue weighted by molar-refractivity contribution is -0.121. The van der Waals surface area contributed by atoms with E-state index in [1.165, 1.54) is 37.8 Å². The van der Waals surface area contributed by atoms with Crippen molar-refractivity contribution in [3.8, 4) is 0 Å². The van der Waals surface area contributed by atoms with Crippen molar-refractivity contribution in [1.82, 2.24) is 5.32 Å². The summed E-state index contributed by atoms with van der Waals surface area (Å²) in [6, 6.07) is 6.43. The second-order valence-electron chi connectivity index (χ2n) is 6.50. The second kappa shape index (κ2) is 5.55. The van der Waals surface area contributed by atoms with Crippen LogP contribution in [0.4, 0.5) is 4.39 Å². The topological polar surface area (TPSA) is 29.1 Å². The van der Waals surface area contributed by atoms with E-state index < -0.39 is 0 Å². The number of fused-ring (bicyclic) bond motifs is 2. The summed E-state index contributed by atoms with van der Waals surface area (Å²) in [5.41, 5.74) is 0.865. The van der Waals surface area contributed by atoms with E-state index in [0.717, 1.165) is 17.4 Å². The van der Waals surface area contributed by atoms with Crippen molar-refractivity contribution in [1.29, 1.82) is 0 Å². The predicted molar refractivity (Wildman–Crippen MR) is 76.6 cm³/mol. The molecule has 2 aliphatic rings. The first-order valence-electron chi connectivity index (χ1n) is 7.65. The largest absolute Gasteiger partial charge is 0.353 e. The van der Waals surface area contributed by atoms with Gasteiger partial charge in [-0.05, 0) is 61.6 Å². The lowest BCUT2D eigenvalue weighted by atomic mass is 9.84. The summed E-state index contributed by atoms with van der Waals surface area (Å²) < 4.78 is 12.8. The van der Waals surface area contributed by atoms with Crippen molar-refractivity contribution >= 4 is 5.91 Å². The van der Waals surface area contributed by atoms with Crippen LogP contribution >= 0.6 is 0 Å². The summed E-state index contributed by atoms with van der Waals surface area (Å²) in [6.45, 7) is 2.13. The third kappa shape index (κ3) is 2.87. The van der Waals surface area contributed by atoms with Gasteiger partial charge in [-0.2, -0.15) is 0 Å². The summed E-state index contributed by atoms with van der Waals surface area (Å²) in [5.74, 6) is 2.17. The molecule has 4 atom stereocenters. The highest BCUT2D eigenvalue weighted by Crippen LogP contribution is 2.49. The summed E-state index contributed by atoms with van der Waals surface area (Å²) in [6.07, 6.45) is 5.71. The molecule has 1 aromatic carbocycles. The fourth-order valence-electron chi connectivity index (χ4n) is 4.11. The van der Waals surface area contributed by atoms with Gasteiger partial charge in [0.2, 0.25) is 5.91 Å². The average molecular weight is 275 g/mol. The Morgan fingerprint density at radius 3 is 2.65 bits per heavy atom. The summed E-state index contributed by atoms with van der Waals surface area (Å²) in [5, 5.41) is 3.14. The van der Waals surface area contributed by atoms with Gasteiger partial charge in [0.25, 0.3) is 0 Å². The number of carbonyl (C=O) groups excluding carboxylic acids is 1. The molecule has 3 rings (SSSR count). The molecule has 1 N–H and O–H groups in total. The molecule has 3 heteroatoms. The fraction of sp³-hybridized carbons (Fsp3) is 0.588.